The second kappa shape index (κ2) is 9.69. The Balaban J connectivity index is 1.92. The number of fused-ring (bicyclic) bond motifs is 1. The van der Waals surface area contributed by atoms with E-state index in [-0.39, 0.29) is 15.4 Å². The van der Waals surface area contributed by atoms with Crippen LogP contribution < -0.4 is 11.1 Å². The SMILES string of the molecule is CCn1cc(-c2cc(C(F)F)nc3sc(C(N)=O)c(NC(=O)C(C)n4nc(C)c(Br)c4C)c23)c(C)n1. The fourth-order valence-corrected chi connectivity index (χ4v) is 5.31. The molecule has 0 fully saturated rings. The van der Waals surface area contributed by atoms with Crippen molar-refractivity contribution in [2.75, 3.05) is 5.32 Å². The number of nitrogens with one attached hydrogen (secondary N) is 1. The predicted molar refractivity (Wildman–Crippen MR) is 137 cm³/mol. The van der Waals surface area contributed by atoms with E-state index < -0.39 is 30.0 Å². The summed E-state index contributed by atoms with van der Waals surface area (Å²) in [6.45, 7) is 9.55. The maximum Gasteiger partial charge on any atom is 0.280 e. The van der Waals surface area contributed by atoms with Crippen LogP contribution in [0.3, 0.4) is 0 Å². The van der Waals surface area contributed by atoms with Crippen LogP contribution in [0.5, 0.6) is 0 Å². The molecule has 0 saturated carbocycles. The van der Waals surface area contributed by atoms with Gasteiger partial charge in [-0.25, -0.2) is 13.8 Å². The Kier molecular flexibility index (Phi) is 6.97. The normalized spacial score (nSPS) is 12.5. The van der Waals surface area contributed by atoms with Gasteiger partial charge in [0.1, 0.15) is 21.4 Å². The van der Waals surface area contributed by atoms with Crippen molar-refractivity contribution in [1.29, 1.82) is 0 Å². The van der Waals surface area contributed by atoms with Gasteiger partial charge < -0.3 is 11.1 Å². The lowest BCUT2D eigenvalue weighted by Gasteiger charge is -2.16. The minimum Gasteiger partial charge on any atom is -0.365 e. The van der Waals surface area contributed by atoms with Gasteiger partial charge in [-0.2, -0.15) is 10.2 Å². The van der Waals surface area contributed by atoms with E-state index in [1.54, 1.807) is 29.4 Å². The highest BCUT2D eigenvalue weighted by molar-refractivity contribution is 9.10. The first kappa shape index (κ1) is 25.9. The Labute approximate surface area is 217 Å². The number of rotatable bonds is 7. The quantitative estimate of drug-likeness (QED) is 0.307. The average Bonchev–Trinajstić information content (AvgIpc) is 3.47. The molecule has 190 valence electrons. The number of anilines is 1. The number of halogens is 3. The van der Waals surface area contributed by atoms with Crippen molar-refractivity contribution in [2.24, 2.45) is 5.73 Å². The summed E-state index contributed by atoms with van der Waals surface area (Å²) in [5, 5.41) is 12.0. The predicted octanol–water partition coefficient (Wildman–Crippen LogP) is 5.30. The third-order valence-corrected chi connectivity index (χ3v) is 8.17. The molecular formula is C23H24BrF2N7O2S. The van der Waals surface area contributed by atoms with Crippen molar-refractivity contribution in [3.63, 3.8) is 0 Å². The first-order valence-electron chi connectivity index (χ1n) is 11.1. The van der Waals surface area contributed by atoms with E-state index in [1.165, 1.54) is 6.07 Å². The van der Waals surface area contributed by atoms with Crippen LogP contribution in [-0.4, -0.2) is 36.4 Å². The minimum absolute atomic E-state index is 0.0146. The second-order valence-electron chi connectivity index (χ2n) is 8.32. The molecule has 4 heterocycles. The first-order valence-corrected chi connectivity index (χ1v) is 12.7. The number of nitrogens with two attached hydrogens (primary N) is 1. The smallest absolute Gasteiger partial charge is 0.280 e. The Hall–Kier alpha value is -3.19. The van der Waals surface area contributed by atoms with Crippen molar-refractivity contribution in [3.05, 3.63) is 44.4 Å². The summed E-state index contributed by atoms with van der Waals surface area (Å²) in [5.74, 6) is -1.26. The summed E-state index contributed by atoms with van der Waals surface area (Å²) >= 11 is 4.32. The fraction of sp³-hybridized carbons (Fsp3) is 0.348. The summed E-state index contributed by atoms with van der Waals surface area (Å²) < 4.78 is 31.5. The highest BCUT2D eigenvalue weighted by Crippen LogP contribution is 2.43. The molecule has 4 rings (SSSR count). The number of aromatic nitrogens is 5. The Morgan fingerprint density at radius 2 is 1.89 bits per heavy atom. The van der Waals surface area contributed by atoms with Gasteiger partial charge in [-0.15, -0.1) is 11.3 Å². The Bertz CT molecular complexity index is 1510. The molecule has 2 amide bonds. The van der Waals surface area contributed by atoms with E-state index in [0.717, 1.165) is 27.2 Å². The van der Waals surface area contributed by atoms with Gasteiger partial charge in [-0.3, -0.25) is 19.0 Å². The van der Waals surface area contributed by atoms with Gasteiger partial charge in [0, 0.05) is 23.7 Å². The number of hydrogen-bond acceptors (Lipinski definition) is 6. The number of nitrogens with zero attached hydrogens (tertiary/aromatic N) is 5. The van der Waals surface area contributed by atoms with E-state index in [0.29, 0.717) is 28.8 Å². The maximum atomic E-state index is 13.8. The van der Waals surface area contributed by atoms with Gasteiger partial charge in [-0.05, 0) is 62.2 Å². The number of carbonyl (C=O) groups is 2. The molecule has 9 nitrogen and oxygen atoms in total. The molecular weight excluding hydrogens is 556 g/mol. The van der Waals surface area contributed by atoms with E-state index in [1.807, 2.05) is 20.8 Å². The number of primary amides is 1. The van der Waals surface area contributed by atoms with Crippen LogP contribution >= 0.6 is 27.3 Å². The van der Waals surface area contributed by atoms with Crippen LogP contribution in [0, 0.1) is 20.8 Å². The summed E-state index contributed by atoms with van der Waals surface area (Å²) in [4.78, 5) is 30.0. The van der Waals surface area contributed by atoms with Gasteiger partial charge in [0.25, 0.3) is 12.3 Å². The third kappa shape index (κ3) is 4.41. The van der Waals surface area contributed by atoms with Crippen molar-refractivity contribution in [1.82, 2.24) is 24.5 Å². The van der Waals surface area contributed by atoms with Crippen molar-refractivity contribution >= 4 is 55.0 Å². The molecule has 1 unspecified atom stereocenters. The zero-order chi connectivity index (χ0) is 26.5. The van der Waals surface area contributed by atoms with Crippen molar-refractivity contribution in [2.45, 2.75) is 53.6 Å². The molecule has 4 aromatic heterocycles. The van der Waals surface area contributed by atoms with E-state index in [9.17, 15) is 18.4 Å². The van der Waals surface area contributed by atoms with Crippen molar-refractivity contribution < 1.29 is 18.4 Å². The zero-order valence-corrected chi connectivity index (χ0v) is 22.6. The number of alkyl halides is 2. The lowest BCUT2D eigenvalue weighted by Crippen LogP contribution is -2.26. The van der Waals surface area contributed by atoms with Gasteiger partial charge in [0.2, 0.25) is 5.91 Å². The summed E-state index contributed by atoms with van der Waals surface area (Å²) in [5.41, 5.74) is 8.38. The maximum absolute atomic E-state index is 13.8. The van der Waals surface area contributed by atoms with Gasteiger partial charge >= 0.3 is 0 Å². The van der Waals surface area contributed by atoms with E-state index in [2.05, 4.69) is 36.4 Å². The topological polar surface area (TPSA) is 121 Å². The molecule has 0 spiro atoms. The monoisotopic (exact) mass is 579 g/mol. The molecule has 0 aliphatic carbocycles. The molecule has 3 N–H and O–H groups in total. The van der Waals surface area contributed by atoms with Crippen LogP contribution in [0.15, 0.2) is 16.7 Å². The van der Waals surface area contributed by atoms with Gasteiger partial charge in [0.05, 0.1) is 27.2 Å². The van der Waals surface area contributed by atoms with E-state index >= 15 is 0 Å². The van der Waals surface area contributed by atoms with Crippen LogP contribution in [0.4, 0.5) is 14.5 Å². The molecule has 0 radical (unpaired) electrons. The largest absolute Gasteiger partial charge is 0.365 e. The third-order valence-electron chi connectivity index (χ3n) is 5.92. The summed E-state index contributed by atoms with van der Waals surface area (Å²) in [7, 11) is 0. The molecule has 13 heteroatoms. The van der Waals surface area contributed by atoms with Gasteiger partial charge in [-0.1, -0.05) is 0 Å². The van der Waals surface area contributed by atoms with Crippen LogP contribution in [0.25, 0.3) is 21.3 Å². The lowest BCUT2D eigenvalue weighted by atomic mass is 10.0. The standard InChI is InChI=1S/C23H24BrF2N7O2S/c1-6-32-8-14(9(2)30-32)13-7-15(20(25)26)28-23-16(13)18(19(36-23)21(27)34)29-22(35)12(5)33-11(4)17(24)10(3)31-33/h7-8,12,20H,6H2,1-5H3,(H2,27,34)(H,29,35). The van der Waals surface area contributed by atoms with Crippen LogP contribution in [0.1, 0.15) is 58.8 Å². The summed E-state index contributed by atoms with van der Waals surface area (Å²) in [6.07, 6.45) is -1.10. The molecule has 0 bridgehead atoms. The number of amides is 2. The average molecular weight is 580 g/mol. The highest BCUT2D eigenvalue weighted by atomic mass is 79.9. The molecule has 1 atom stereocenters. The molecule has 0 saturated heterocycles. The molecule has 0 aliphatic rings. The lowest BCUT2D eigenvalue weighted by molar-refractivity contribution is -0.119. The molecule has 4 aromatic rings. The minimum atomic E-state index is -2.84. The van der Waals surface area contributed by atoms with Crippen LogP contribution in [-0.2, 0) is 11.3 Å². The number of aryl methyl sites for hydroxylation is 3. The van der Waals surface area contributed by atoms with E-state index in [4.69, 9.17) is 5.73 Å². The number of hydrogen-bond donors (Lipinski definition) is 2. The Morgan fingerprint density at radius 3 is 2.42 bits per heavy atom. The fourth-order valence-electron chi connectivity index (χ4n) is 4.04. The number of carbonyl (C=O) groups excluding carboxylic acids is 2. The van der Waals surface area contributed by atoms with Gasteiger partial charge in [0.15, 0.2) is 0 Å². The molecule has 0 aromatic carbocycles. The number of thiophene rings is 1. The summed E-state index contributed by atoms with van der Waals surface area (Å²) in [6, 6.07) is 0.526. The Morgan fingerprint density at radius 1 is 1.19 bits per heavy atom. The molecule has 0 aliphatic heterocycles. The molecule has 36 heavy (non-hydrogen) atoms. The van der Waals surface area contributed by atoms with Crippen molar-refractivity contribution in [3.8, 4) is 11.1 Å². The van der Waals surface area contributed by atoms with Crippen LogP contribution in [0.2, 0.25) is 0 Å². The second-order valence-corrected chi connectivity index (χ2v) is 10.1. The number of pyridine rings is 1. The zero-order valence-electron chi connectivity index (χ0n) is 20.2. The first-order chi connectivity index (χ1) is 16.9. The highest BCUT2D eigenvalue weighted by Gasteiger charge is 2.28.